The van der Waals surface area contributed by atoms with Crippen molar-refractivity contribution < 1.29 is 0 Å². The summed E-state index contributed by atoms with van der Waals surface area (Å²) in [5.41, 5.74) is 17.8. The number of nitrogens with zero attached hydrogens (tertiary/aromatic N) is 4. The Morgan fingerprint density at radius 3 is 2.31 bits per heavy atom. The van der Waals surface area contributed by atoms with Gasteiger partial charge in [0.1, 0.15) is 0 Å². The molecule has 65 heavy (non-hydrogen) atoms. The molecule has 0 bridgehead atoms. The smallest absolute Gasteiger partial charge is 0.159 e. The van der Waals surface area contributed by atoms with Gasteiger partial charge >= 0.3 is 0 Å². The molecule has 4 atom stereocenters. The van der Waals surface area contributed by atoms with Gasteiger partial charge in [0.25, 0.3) is 0 Å². The van der Waals surface area contributed by atoms with Crippen LogP contribution in [0, 0.1) is 18.8 Å². The first-order valence-corrected chi connectivity index (χ1v) is 23.9. The van der Waals surface area contributed by atoms with Gasteiger partial charge < -0.3 is 9.13 Å². The number of hydrogen-bond donors (Lipinski definition) is 0. The first kappa shape index (κ1) is 38.4. The Hall–Kier alpha value is -7.04. The number of aromatic nitrogens is 4. The summed E-state index contributed by atoms with van der Waals surface area (Å²) in [6.45, 7) is 2.22. The fourth-order valence-electron chi connectivity index (χ4n) is 11.9. The quantitative estimate of drug-likeness (QED) is 0.167. The van der Waals surface area contributed by atoms with Gasteiger partial charge in [0.05, 0.1) is 22.9 Å². The molecule has 4 heteroatoms. The van der Waals surface area contributed by atoms with Crippen molar-refractivity contribution in [1.29, 1.82) is 0 Å². The van der Waals surface area contributed by atoms with Gasteiger partial charge in [-0.2, -0.15) is 0 Å². The highest BCUT2D eigenvalue weighted by Gasteiger charge is 2.30. The van der Waals surface area contributed by atoms with Crippen molar-refractivity contribution in [2.45, 2.75) is 70.3 Å². The lowest BCUT2D eigenvalue weighted by Crippen LogP contribution is -2.17. The highest BCUT2D eigenvalue weighted by molar-refractivity contribution is 6.03. The van der Waals surface area contributed by atoms with Crippen molar-refractivity contribution in [3.05, 3.63) is 209 Å². The molecular formula is C61H52N4. The molecule has 3 heterocycles. The molecule has 0 saturated carbocycles. The lowest BCUT2D eigenvalue weighted by Gasteiger charge is -2.25. The number of fused-ring (bicyclic) bond motifs is 8. The third-order valence-electron chi connectivity index (χ3n) is 15.2. The van der Waals surface area contributed by atoms with Gasteiger partial charge in [-0.3, -0.25) is 0 Å². The average molecular weight is 841 g/mol. The molecule has 0 fully saturated rings. The Morgan fingerprint density at radius 2 is 1.46 bits per heavy atom. The molecule has 0 radical (unpaired) electrons. The summed E-state index contributed by atoms with van der Waals surface area (Å²) in [6.07, 6.45) is 47.7. The van der Waals surface area contributed by atoms with Crippen LogP contribution in [0.3, 0.4) is 0 Å². The Kier molecular flexibility index (Phi) is 9.22. The fourth-order valence-corrected chi connectivity index (χ4v) is 11.9. The van der Waals surface area contributed by atoms with Crippen LogP contribution in [0.15, 0.2) is 158 Å². The van der Waals surface area contributed by atoms with Gasteiger partial charge in [0.2, 0.25) is 0 Å². The lowest BCUT2D eigenvalue weighted by molar-refractivity contribution is 0.479. The van der Waals surface area contributed by atoms with E-state index in [2.05, 4.69) is 192 Å². The molecule has 4 aromatic carbocycles. The molecule has 6 aliphatic rings. The summed E-state index contributed by atoms with van der Waals surface area (Å²) in [6, 6.07) is 28.1. The van der Waals surface area contributed by atoms with Crippen molar-refractivity contribution in [3.63, 3.8) is 0 Å². The molecule has 4 nitrogen and oxygen atoms in total. The summed E-state index contributed by atoms with van der Waals surface area (Å²) in [4.78, 5) is 10.8. The third-order valence-corrected chi connectivity index (χ3v) is 15.2. The molecule has 316 valence electrons. The standard InChI is InChI=1S/C61H52N4/c1-39-59(41-17-6-3-7-18-41)62-61(48-24-14-23-43(33-48)40-15-4-2-5-16-40)63-60(39)42-27-29-49(30-28-42)64-56-36-46-21-10-9-20-45(46)35-54(56)52-32-31-50(38-58(52)64)65-55-26-13-12-25-51(55)53-34-44-19-8-11-22-47(44)37-57(53)65/h2-7,9-11,13-15,17,20-22,24,26-37,40-41,43,50H,8,12,16,18-19,23,25,38H2,1H3. The number of aryl methyl sites for hydroxylation is 2. The molecule has 7 aromatic rings. The predicted octanol–water partition coefficient (Wildman–Crippen LogP) is 14.9. The lowest BCUT2D eigenvalue weighted by atomic mass is 9.81. The summed E-state index contributed by atoms with van der Waals surface area (Å²) >= 11 is 0. The van der Waals surface area contributed by atoms with Gasteiger partial charge in [-0.1, -0.05) is 134 Å². The molecule has 0 amide bonds. The molecule has 4 unspecified atom stereocenters. The summed E-state index contributed by atoms with van der Waals surface area (Å²) < 4.78 is 5.22. The summed E-state index contributed by atoms with van der Waals surface area (Å²) in [5.74, 6) is 1.96. The van der Waals surface area contributed by atoms with E-state index in [4.69, 9.17) is 9.97 Å². The van der Waals surface area contributed by atoms with E-state index < -0.39 is 0 Å². The Labute approximate surface area is 381 Å². The zero-order chi connectivity index (χ0) is 43.0. The third kappa shape index (κ3) is 6.48. The number of benzene rings is 4. The minimum Gasteiger partial charge on any atom is -0.333 e. The van der Waals surface area contributed by atoms with Crippen LogP contribution in [0.25, 0.3) is 73.3 Å². The summed E-state index contributed by atoms with van der Waals surface area (Å²) in [5, 5.41) is 5.28. The number of rotatable bonds is 6. The maximum atomic E-state index is 5.44. The molecule has 0 spiro atoms. The normalized spacial score (nSPS) is 21.6. The molecular weight excluding hydrogens is 789 g/mol. The molecule has 0 N–H and O–H groups in total. The largest absolute Gasteiger partial charge is 0.333 e. The second-order valence-electron chi connectivity index (χ2n) is 19.0. The zero-order valence-corrected chi connectivity index (χ0v) is 37.0. The SMILES string of the molecule is Cc1c(-c2ccc(-n3c4c(c5cc6ccccc6cc53)C=CC(n3c5c(c6cc7c(cc63)C=CCC7)CCC=C5)C4)cc2)nc(C2=CC(C3C=CC=CC3)CC=C2)nc1C1C=CC=CC1. The van der Waals surface area contributed by atoms with Crippen molar-refractivity contribution in [2.75, 3.05) is 0 Å². The van der Waals surface area contributed by atoms with Gasteiger partial charge in [0.15, 0.2) is 5.82 Å². The van der Waals surface area contributed by atoms with Crippen LogP contribution < -0.4 is 0 Å². The maximum Gasteiger partial charge on any atom is 0.159 e. The van der Waals surface area contributed by atoms with Crippen LogP contribution in [0.4, 0.5) is 0 Å². The molecule has 0 saturated heterocycles. The van der Waals surface area contributed by atoms with Crippen molar-refractivity contribution in [3.8, 4) is 16.9 Å². The van der Waals surface area contributed by atoms with E-state index in [0.29, 0.717) is 11.8 Å². The first-order chi connectivity index (χ1) is 32.1. The van der Waals surface area contributed by atoms with Crippen LogP contribution in [0.2, 0.25) is 0 Å². The van der Waals surface area contributed by atoms with Gasteiger partial charge in [0, 0.05) is 62.4 Å². The van der Waals surface area contributed by atoms with Crippen LogP contribution >= 0.6 is 0 Å². The highest BCUT2D eigenvalue weighted by Crippen LogP contribution is 2.44. The van der Waals surface area contributed by atoms with Crippen molar-refractivity contribution >= 4 is 56.4 Å². The maximum absolute atomic E-state index is 5.44. The minimum absolute atomic E-state index is 0.177. The highest BCUT2D eigenvalue weighted by atomic mass is 15.1. The monoisotopic (exact) mass is 840 g/mol. The average Bonchev–Trinajstić information content (AvgIpc) is 3.86. The van der Waals surface area contributed by atoms with Gasteiger partial charge in [-0.25, -0.2) is 9.97 Å². The second kappa shape index (κ2) is 15.6. The number of hydrogen-bond acceptors (Lipinski definition) is 2. The fraction of sp³-hybridized carbons (Fsp3) is 0.213. The van der Waals surface area contributed by atoms with E-state index in [1.54, 1.807) is 0 Å². The van der Waals surface area contributed by atoms with E-state index in [1.807, 2.05) is 0 Å². The second-order valence-corrected chi connectivity index (χ2v) is 19.0. The van der Waals surface area contributed by atoms with Crippen LogP contribution in [-0.4, -0.2) is 19.1 Å². The van der Waals surface area contributed by atoms with Crippen LogP contribution in [0.1, 0.15) is 94.8 Å². The van der Waals surface area contributed by atoms with Crippen molar-refractivity contribution in [2.24, 2.45) is 11.8 Å². The van der Waals surface area contributed by atoms with Crippen LogP contribution in [-0.2, 0) is 19.3 Å². The van der Waals surface area contributed by atoms with E-state index in [-0.39, 0.29) is 12.0 Å². The Bertz CT molecular complexity index is 3400. The number of allylic oxidation sites excluding steroid dienone is 15. The Morgan fingerprint density at radius 1 is 0.646 bits per heavy atom. The zero-order valence-electron chi connectivity index (χ0n) is 37.0. The van der Waals surface area contributed by atoms with E-state index in [1.165, 1.54) is 71.9 Å². The first-order valence-electron chi connectivity index (χ1n) is 23.9. The van der Waals surface area contributed by atoms with E-state index in [0.717, 1.165) is 85.3 Å². The molecule has 13 rings (SSSR count). The molecule has 0 aliphatic heterocycles. The topological polar surface area (TPSA) is 35.6 Å². The van der Waals surface area contributed by atoms with Gasteiger partial charge in [-0.15, -0.1) is 0 Å². The molecule has 3 aromatic heterocycles. The Balaban J connectivity index is 0.934. The predicted molar refractivity (Wildman–Crippen MR) is 272 cm³/mol. The van der Waals surface area contributed by atoms with Crippen LogP contribution in [0.5, 0.6) is 0 Å². The molecule has 6 aliphatic carbocycles. The minimum atomic E-state index is 0.177. The van der Waals surface area contributed by atoms with E-state index >= 15 is 0 Å². The van der Waals surface area contributed by atoms with Crippen molar-refractivity contribution in [1.82, 2.24) is 19.1 Å². The van der Waals surface area contributed by atoms with Gasteiger partial charge in [-0.05, 0) is 139 Å². The van der Waals surface area contributed by atoms with E-state index in [9.17, 15) is 0 Å². The summed E-state index contributed by atoms with van der Waals surface area (Å²) in [7, 11) is 0.